The highest BCUT2D eigenvalue weighted by atomic mass is 16.5. The van der Waals surface area contributed by atoms with E-state index in [0.717, 1.165) is 21.8 Å². The summed E-state index contributed by atoms with van der Waals surface area (Å²) in [4.78, 5) is 37.7. The molecule has 2 aromatic rings. The fraction of sp³-hybridized carbons (Fsp3) is 0.190. The molecule has 1 aliphatic heterocycles. The van der Waals surface area contributed by atoms with E-state index in [0.29, 0.717) is 12.3 Å². The first-order valence-corrected chi connectivity index (χ1v) is 8.90. The number of anilines is 1. The zero-order chi connectivity index (χ0) is 20.1. The number of nitrogens with zero attached hydrogens (tertiary/aromatic N) is 1. The van der Waals surface area contributed by atoms with Crippen molar-refractivity contribution in [3.8, 4) is 5.75 Å². The van der Waals surface area contributed by atoms with Crippen LogP contribution >= 0.6 is 0 Å². The molecule has 0 spiro atoms. The summed E-state index contributed by atoms with van der Waals surface area (Å²) >= 11 is 0. The number of imide groups is 1. The molecule has 7 heteroatoms. The molecule has 2 N–H and O–H groups in total. The number of carbonyl (C=O) groups excluding carboxylic acids is 3. The molecule has 0 saturated carbocycles. The van der Waals surface area contributed by atoms with Gasteiger partial charge in [-0.2, -0.15) is 0 Å². The quantitative estimate of drug-likeness (QED) is 0.597. The number of urea groups is 1. The minimum absolute atomic E-state index is 0.122. The van der Waals surface area contributed by atoms with Crippen molar-refractivity contribution in [2.75, 3.05) is 18.5 Å². The summed E-state index contributed by atoms with van der Waals surface area (Å²) in [5, 5.41) is 5.18. The van der Waals surface area contributed by atoms with Crippen LogP contribution in [0.3, 0.4) is 0 Å². The summed E-state index contributed by atoms with van der Waals surface area (Å²) in [5.41, 5.74) is 2.53. The van der Waals surface area contributed by atoms with Crippen LogP contribution in [0.2, 0.25) is 0 Å². The Labute approximate surface area is 163 Å². The second kappa shape index (κ2) is 8.39. The first kappa shape index (κ1) is 19.2. The monoisotopic (exact) mass is 379 g/mol. The van der Waals surface area contributed by atoms with Crippen molar-refractivity contribution < 1.29 is 19.1 Å². The van der Waals surface area contributed by atoms with E-state index in [9.17, 15) is 14.4 Å². The average Bonchev–Trinajstić information content (AvgIpc) is 2.93. The van der Waals surface area contributed by atoms with Crippen molar-refractivity contribution in [1.82, 2.24) is 10.2 Å². The maximum Gasteiger partial charge on any atom is 0.329 e. The van der Waals surface area contributed by atoms with Gasteiger partial charge in [0.1, 0.15) is 18.0 Å². The van der Waals surface area contributed by atoms with Gasteiger partial charge in [0.2, 0.25) is 5.91 Å². The molecule has 7 nitrogen and oxygen atoms in total. The van der Waals surface area contributed by atoms with Gasteiger partial charge < -0.3 is 15.4 Å². The van der Waals surface area contributed by atoms with E-state index in [4.69, 9.17) is 4.74 Å². The zero-order valence-electron chi connectivity index (χ0n) is 15.7. The molecule has 1 saturated heterocycles. The van der Waals surface area contributed by atoms with Crippen LogP contribution in [-0.2, 0) is 9.59 Å². The van der Waals surface area contributed by atoms with E-state index in [1.807, 2.05) is 26.0 Å². The molecule has 4 amide bonds. The number of ether oxygens (including phenoxy) is 1. The maximum absolute atomic E-state index is 12.5. The molecule has 0 atom stereocenters. The van der Waals surface area contributed by atoms with Crippen LogP contribution in [0.1, 0.15) is 18.1 Å². The van der Waals surface area contributed by atoms with Gasteiger partial charge in [-0.05, 0) is 49.8 Å². The van der Waals surface area contributed by atoms with Crippen LogP contribution in [-0.4, -0.2) is 35.9 Å². The molecule has 1 fully saturated rings. The Morgan fingerprint density at radius 1 is 1.11 bits per heavy atom. The molecule has 144 valence electrons. The van der Waals surface area contributed by atoms with Gasteiger partial charge in [-0.25, -0.2) is 9.69 Å². The summed E-state index contributed by atoms with van der Waals surface area (Å²) in [6, 6.07) is 13.7. The molecule has 2 aromatic carbocycles. The Balaban J connectivity index is 1.65. The first-order chi connectivity index (χ1) is 13.5. The van der Waals surface area contributed by atoms with Crippen molar-refractivity contribution in [1.29, 1.82) is 0 Å². The van der Waals surface area contributed by atoms with Gasteiger partial charge in [0.05, 0.1) is 6.61 Å². The van der Waals surface area contributed by atoms with Gasteiger partial charge in [-0.1, -0.05) is 29.8 Å². The molecular weight excluding hydrogens is 358 g/mol. The van der Waals surface area contributed by atoms with E-state index in [1.165, 1.54) is 0 Å². The lowest BCUT2D eigenvalue weighted by atomic mass is 10.2. The van der Waals surface area contributed by atoms with E-state index < -0.39 is 17.8 Å². The third-order valence-electron chi connectivity index (χ3n) is 4.10. The largest absolute Gasteiger partial charge is 0.494 e. The highest BCUT2D eigenvalue weighted by molar-refractivity contribution is 6.15. The van der Waals surface area contributed by atoms with Crippen molar-refractivity contribution >= 4 is 29.6 Å². The highest BCUT2D eigenvalue weighted by Crippen LogP contribution is 2.17. The van der Waals surface area contributed by atoms with Crippen LogP contribution < -0.4 is 15.4 Å². The van der Waals surface area contributed by atoms with E-state index in [1.54, 1.807) is 42.5 Å². The van der Waals surface area contributed by atoms with Crippen LogP contribution in [0.15, 0.2) is 54.2 Å². The highest BCUT2D eigenvalue weighted by Gasteiger charge is 2.34. The minimum atomic E-state index is -0.624. The minimum Gasteiger partial charge on any atom is -0.494 e. The first-order valence-electron chi connectivity index (χ1n) is 8.90. The maximum atomic E-state index is 12.5. The summed E-state index contributed by atoms with van der Waals surface area (Å²) in [6.45, 7) is 4.04. The molecule has 0 aromatic heterocycles. The summed E-state index contributed by atoms with van der Waals surface area (Å²) in [6.07, 6.45) is 1.56. The van der Waals surface area contributed by atoms with Gasteiger partial charge in [0.15, 0.2) is 0 Å². The van der Waals surface area contributed by atoms with E-state index in [-0.39, 0.29) is 12.2 Å². The van der Waals surface area contributed by atoms with Crippen LogP contribution in [0.25, 0.3) is 6.08 Å². The molecule has 28 heavy (non-hydrogen) atoms. The number of benzene rings is 2. The van der Waals surface area contributed by atoms with E-state index >= 15 is 0 Å². The molecule has 3 rings (SSSR count). The van der Waals surface area contributed by atoms with Crippen molar-refractivity contribution in [2.24, 2.45) is 0 Å². The van der Waals surface area contributed by atoms with Crippen LogP contribution in [0, 0.1) is 6.92 Å². The van der Waals surface area contributed by atoms with Gasteiger partial charge in [-0.15, -0.1) is 0 Å². The normalized spacial score (nSPS) is 14.9. The second-order valence-corrected chi connectivity index (χ2v) is 6.30. The fourth-order valence-corrected chi connectivity index (χ4v) is 2.69. The second-order valence-electron chi connectivity index (χ2n) is 6.30. The van der Waals surface area contributed by atoms with Crippen LogP contribution in [0.4, 0.5) is 10.5 Å². The van der Waals surface area contributed by atoms with Crippen molar-refractivity contribution in [3.63, 3.8) is 0 Å². The van der Waals surface area contributed by atoms with Crippen LogP contribution in [0.5, 0.6) is 5.75 Å². The molecular formula is C21H21N3O4. The number of carbonyl (C=O) groups is 3. The molecule has 0 unspecified atom stereocenters. The lowest BCUT2D eigenvalue weighted by molar-refractivity contribution is -0.127. The summed E-state index contributed by atoms with van der Waals surface area (Å²) in [5.74, 6) is -0.270. The van der Waals surface area contributed by atoms with Gasteiger partial charge >= 0.3 is 6.03 Å². The number of hydrogen-bond acceptors (Lipinski definition) is 4. The SMILES string of the molecule is CCOc1ccc(C=C2NC(=O)N(CC(=O)Nc3ccc(C)cc3)C2=O)cc1. The molecule has 1 aliphatic rings. The standard InChI is InChI=1S/C21H21N3O4/c1-3-28-17-10-6-15(7-11-17)12-18-20(26)24(21(27)23-18)13-19(25)22-16-8-4-14(2)5-9-16/h4-12H,3,13H2,1-2H3,(H,22,25)(H,23,27). The third-order valence-corrected chi connectivity index (χ3v) is 4.10. The molecule has 1 heterocycles. The predicted molar refractivity (Wildman–Crippen MR) is 106 cm³/mol. The van der Waals surface area contributed by atoms with Gasteiger partial charge in [0.25, 0.3) is 5.91 Å². The Bertz CT molecular complexity index is 918. The Morgan fingerprint density at radius 3 is 2.43 bits per heavy atom. The van der Waals surface area contributed by atoms with Gasteiger partial charge in [0, 0.05) is 5.69 Å². The molecule has 0 radical (unpaired) electrons. The Morgan fingerprint density at radius 2 is 1.79 bits per heavy atom. The third kappa shape index (κ3) is 4.56. The smallest absolute Gasteiger partial charge is 0.329 e. The Kier molecular flexibility index (Phi) is 5.74. The predicted octanol–water partition coefficient (Wildman–Crippen LogP) is 2.93. The number of aryl methyl sites for hydroxylation is 1. The summed E-state index contributed by atoms with van der Waals surface area (Å²) < 4.78 is 5.38. The average molecular weight is 379 g/mol. The number of amides is 4. The lowest BCUT2D eigenvalue weighted by Crippen LogP contribution is -2.38. The number of rotatable bonds is 6. The zero-order valence-corrected chi connectivity index (χ0v) is 15.7. The van der Waals surface area contributed by atoms with Gasteiger partial charge in [-0.3, -0.25) is 9.59 Å². The number of nitrogens with one attached hydrogen (secondary N) is 2. The van der Waals surface area contributed by atoms with E-state index in [2.05, 4.69) is 10.6 Å². The van der Waals surface area contributed by atoms with Crippen molar-refractivity contribution in [3.05, 3.63) is 65.4 Å². The topological polar surface area (TPSA) is 87.7 Å². The van der Waals surface area contributed by atoms with Crippen molar-refractivity contribution in [2.45, 2.75) is 13.8 Å². The summed E-state index contributed by atoms with van der Waals surface area (Å²) in [7, 11) is 0. The number of hydrogen-bond donors (Lipinski definition) is 2. The molecule has 0 bridgehead atoms. The fourth-order valence-electron chi connectivity index (χ4n) is 2.69. The lowest BCUT2D eigenvalue weighted by Gasteiger charge is -2.12. The molecule has 0 aliphatic carbocycles. The Hall–Kier alpha value is -3.61.